The summed E-state index contributed by atoms with van der Waals surface area (Å²) >= 11 is 5.95. The molecule has 5 heteroatoms. The molecule has 1 aromatic rings. The van der Waals surface area contributed by atoms with E-state index in [1.165, 1.54) is 12.1 Å². The number of piperidine rings is 1. The van der Waals surface area contributed by atoms with Crippen molar-refractivity contribution < 1.29 is 9.13 Å². The van der Waals surface area contributed by atoms with E-state index in [-0.39, 0.29) is 17.5 Å². The van der Waals surface area contributed by atoms with Crippen molar-refractivity contribution >= 4 is 11.6 Å². The van der Waals surface area contributed by atoms with Gasteiger partial charge in [0.1, 0.15) is 5.82 Å². The zero-order chi connectivity index (χ0) is 14.8. The van der Waals surface area contributed by atoms with Crippen LogP contribution < -0.4 is 5.73 Å². The van der Waals surface area contributed by atoms with Gasteiger partial charge in [-0.3, -0.25) is 4.90 Å². The summed E-state index contributed by atoms with van der Waals surface area (Å²) in [6.45, 7) is 4.26. The lowest BCUT2D eigenvalue weighted by atomic mass is 9.92. The maximum Gasteiger partial charge on any atom is 0.125 e. The van der Waals surface area contributed by atoms with Gasteiger partial charge in [-0.05, 0) is 50.1 Å². The summed E-state index contributed by atoms with van der Waals surface area (Å²) in [4.78, 5) is 2.26. The number of benzene rings is 1. The third-order valence-corrected chi connectivity index (χ3v) is 4.33. The lowest BCUT2D eigenvalue weighted by molar-refractivity contribution is -0.0608. The second-order valence-corrected chi connectivity index (χ2v) is 6.12. The van der Waals surface area contributed by atoms with Gasteiger partial charge >= 0.3 is 0 Å². The minimum atomic E-state index is -0.322. The number of halogens is 2. The Kier molecular flexibility index (Phi) is 5.02. The maximum atomic E-state index is 13.5. The van der Waals surface area contributed by atoms with E-state index in [1.807, 2.05) is 0 Å². The van der Waals surface area contributed by atoms with Crippen LogP contribution in [0.1, 0.15) is 31.4 Å². The molecule has 0 aliphatic carbocycles. The standard InChI is InChI=1S/C15H22ClFN2O/c1-15(20-2)4-3-5-19(10-15)14(9-18)11-6-12(16)8-13(17)7-11/h6-8,14H,3-5,9-10,18H2,1-2H3. The topological polar surface area (TPSA) is 38.5 Å². The summed E-state index contributed by atoms with van der Waals surface area (Å²) in [6, 6.07) is 4.59. The van der Waals surface area contributed by atoms with Gasteiger partial charge in [0.05, 0.1) is 5.60 Å². The molecular formula is C15H22ClFN2O. The molecule has 20 heavy (non-hydrogen) atoms. The number of ether oxygens (including phenoxy) is 1. The van der Waals surface area contributed by atoms with Crippen LogP contribution >= 0.6 is 11.6 Å². The molecule has 0 saturated carbocycles. The second-order valence-electron chi connectivity index (χ2n) is 5.68. The first-order valence-electron chi connectivity index (χ1n) is 6.93. The van der Waals surface area contributed by atoms with Crippen LogP contribution in [0.15, 0.2) is 18.2 Å². The summed E-state index contributed by atoms with van der Waals surface area (Å²) in [5.41, 5.74) is 6.59. The van der Waals surface area contributed by atoms with Crippen molar-refractivity contribution in [3.63, 3.8) is 0 Å². The van der Waals surface area contributed by atoms with Crippen LogP contribution in [-0.4, -0.2) is 37.2 Å². The van der Waals surface area contributed by atoms with Crippen LogP contribution in [-0.2, 0) is 4.74 Å². The molecule has 2 atom stereocenters. The second kappa shape index (κ2) is 6.39. The first-order chi connectivity index (χ1) is 9.47. The Bertz CT molecular complexity index is 451. The number of rotatable bonds is 4. The lowest BCUT2D eigenvalue weighted by Gasteiger charge is -2.43. The van der Waals surface area contributed by atoms with E-state index >= 15 is 0 Å². The first kappa shape index (κ1) is 15.7. The zero-order valence-electron chi connectivity index (χ0n) is 12.0. The number of nitrogens with two attached hydrogens (primary N) is 1. The molecule has 1 saturated heterocycles. The molecule has 2 rings (SSSR count). The summed E-state index contributed by atoms with van der Waals surface area (Å²) in [7, 11) is 1.74. The molecule has 2 unspecified atom stereocenters. The molecule has 0 amide bonds. The Hall–Kier alpha value is -0.680. The third kappa shape index (κ3) is 3.50. The van der Waals surface area contributed by atoms with E-state index in [0.29, 0.717) is 11.6 Å². The average molecular weight is 301 g/mol. The highest BCUT2D eigenvalue weighted by Gasteiger charge is 2.34. The molecule has 112 valence electrons. The van der Waals surface area contributed by atoms with Crippen molar-refractivity contribution in [1.82, 2.24) is 4.90 Å². The summed E-state index contributed by atoms with van der Waals surface area (Å²) in [5.74, 6) is -0.322. The summed E-state index contributed by atoms with van der Waals surface area (Å²) < 4.78 is 19.1. The first-order valence-corrected chi connectivity index (χ1v) is 7.30. The van der Waals surface area contributed by atoms with E-state index in [0.717, 1.165) is 31.5 Å². The number of nitrogens with zero attached hydrogens (tertiary/aromatic N) is 1. The number of hydrogen-bond donors (Lipinski definition) is 1. The Balaban J connectivity index is 2.23. The van der Waals surface area contributed by atoms with Crippen molar-refractivity contribution in [2.24, 2.45) is 5.73 Å². The Labute approximate surface area is 124 Å². The average Bonchev–Trinajstić information content (AvgIpc) is 2.39. The van der Waals surface area contributed by atoms with Crippen LogP contribution in [0.5, 0.6) is 0 Å². The van der Waals surface area contributed by atoms with Gasteiger partial charge in [-0.15, -0.1) is 0 Å². The summed E-state index contributed by atoms with van der Waals surface area (Å²) in [6.07, 6.45) is 2.07. The Morgan fingerprint density at radius 1 is 1.50 bits per heavy atom. The molecule has 1 aliphatic heterocycles. The molecule has 1 heterocycles. The van der Waals surface area contributed by atoms with Crippen LogP contribution in [0.25, 0.3) is 0 Å². The smallest absolute Gasteiger partial charge is 0.125 e. The highest BCUT2D eigenvalue weighted by atomic mass is 35.5. The molecule has 0 aromatic heterocycles. The van der Waals surface area contributed by atoms with E-state index in [9.17, 15) is 4.39 Å². The third-order valence-electron chi connectivity index (χ3n) is 4.11. The van der Waals surface area contributed by atoms with Crippen LogP contribution in [0.3, 0.4) is 0 Å². The lowest BCUT2D eigenvalue weighted by Crippen LogP contribution is -2.49. The molecule has 0 radical (unpaired) electrons. The zero-order valence-corrected chi connectivity index (χ0v) is 12.8. The number of methoxy groups -OCH3 is 1. The van der Waals surface area contributed by atoms with Gasteiger partial charge in [-0.1, -0.05) is 11.6 Å². The molecule has 1 aliphatic rings. The van der Waals surface area contributed by atoms with E-state index in [4.69, 9.17) is 22.1 Å². The van der Waals surface area contributed by atoms with E-state index < -0.39 is 0 Å². The fraction of sp³-hybridized carbons (Fsp3) is 0.600. The van der Waals surface area contributed by atoms with Gasteiger partial charge in [-0.25, -0.2) is 4.39 Å². The number of hydrogen-bond acceptors (Lipinski definition) is 3. The monoisotopic (exact) mass is 300 g/mol. The van der Waals surface area contributed by atoms with Crippen molar-refractivity contribution in [1.29, 1.82) is 0 Å². The summed E-state index contributed by atoms with van der Waals surface area (Å²) in [5, 5.41) is 0.407. The molecule has 0 bridgehead atoms. The van der Waals surface area contributed by atoms with Gasteiger partial charge in [0.15, 0.2) is 0 Å². The predicted molar refractivity (Wildman–Crippen MR) is 79.4 cm³/mol. The van der Waals surface area contributed by atoms with E-state index in [2.05, 4.69) is 11.8 Å². The quantitative estimate of drug-likeness (QED) is 0.929. The van der Waals surface area contributed by atoms with Crippen LogP contribution in [0, 0.1) is 5.82 Å². The van der Waals surface area contributed by atoms with Crippen LogP contribution in [0.2, 0.25) is 5.02 Å². The van der Waals surface area contributed by atoms with Crippen molar-refractivity contribution in [3.8, 4) is 0 Å². The minimum absolute atomic E-state index is 0.0297. The maximum absolute atomic E-state index is 13.5. The van der Waals surface area contributed by atoms with Gasteiger partial charge in [0, 0.05) is 31.3 Å². The van der Waals surface area contributed by atoms with E-state index in [1.54, 1.807) is 13.2 Å². The Morgan fingerprint density at radius 3 is 2.85 bits per heavy atom. The fourth-order valence-corrected chi connectivity index (χ4v) is 3.17. The van der Waals surface area contributed by atoms with Gasteiger partial charge in [0.2, 0.25) is 0 Å². The molecule has 3 nitrogen and oxygen atoms in total. The van der Waals surface area contributed by atoms with Crippen molar-refractivity contribution in [2.75, 3.05) is 26.7 Å². The fourth-order valence-electron chi connectivity index (χ4n) is 2.94. The predicted octanol–water partition coefficient (Wildman–Crippen LogP) is 2.98. The van der Waals surface area contributed by atoms with Gasteiger partial charge in [-0.2, -0.15) is 0 Å². The van der Waals surface area contributed by atoms with Gasteiger partial charge < -0.3 is 10.5 Å². The van der Waals surface area contributed by atoms with Crippen LogP contribution in [0.4, 0.5) is 4.39 Å². The minimum Gasteiger partial charge on any atom is -0.377 e. The van der Waals surface area contributed by atoms with Crippen molar-refractivity contribution in [3.05, 3.63) is 34.6 Å². The van der Waals surface area contributed by atoms with Gasteiger partial charge in [0.25, 0.3) is 0 Å². The largest absolute Gasteiger partial charge is 0.377 e. The molecule has 2 N–H and O–H groups in total. The molecular weight excluding hydrogens is 279 g/mol. The number of likely N-dealkylation sites (tertiary alicyclic amines) is 1. The highest BCUT2D eigenvalue weighted by Crippen LogP contribution is 2.31. The van der Waals surface area contributed by atoms with Crippen molar-refractivity contribution in [2.45, 2.75) is 31.4 Å². The molecule has 1 aromatic carbocycles. The molecule has 0 spiro atoms. The SMILES string of the molecule is COC1(C)CCCN(C(CN)c2cc(F)cc(Cl)c2)C1. The highest BCUT2D eigenvalue weighted by molar-refractivity contribution is 6.30. The molecule has 1 fully saturated rings. The Morgan fingerprint density at radius 2 is 2.25 bits per heavy atom. The normalized spacial score (nSPS) is 25.6.